The van der Waals surface area contributed by atoms with Crippen LogP contribution in [0.1, 0.15) is 11.1 Å². The largest absolute Gasteiger partial charge is 0.495 e. The van der Waals surface area contributed by atoms with Crippen LogP contribution in [-0.2, 0) is 16.0 Å². The SMILES string of the molecule is COc1cc(-c2cn[nH]c2)ccc1NC(=O)C1COc2ccc(C)cc2C1.O=C(O)C(F)(F)F. The van der Waals surface area contributed by atoms with Crippen LogP contribution < -0.4 is 14.8 Å². The first-order chi connectivity index (χ1) is 16.1. The van der Waals surface area contributed by atoms with Gasteiger partial charge in [0.15, 0.2) is 0 Å². The zero-order valence-electron chi connectivity index (χ0n) is 18.3. The first-order valence-corrected chi connectivity index (χ1v) is 10.1. The number of methoxy groups -OCH3 is 1. The van der Waals surface area contributed by atoms with Gasteiger partial charge < -0.3 is 19.9 Å². The van der Waals surface area contributed by atoms with Gasteiger partial charge in [0.1, 0.15) is 18.1 Å². The van der Waals surface area contributed by atoms with Gasteiger partial charge in [-0.2, -0.15) is 18.3 Å². The Labute approximate surface area is 192 Å². The maximum absolute atomic E-state index is 12.8. The minimum absolute atomic E-state index is 0.0727. The molecule has 3 aromatic rings. The van der Waals surface area contributed by atoms with Crippen molar-refractivity contribution in [3.8, 4) is 22.6 Å². The van der Waals surface area contributed by atoms with Gasteiger partial charge in [0.2, 0.25) is 5.91 Å². The summed E-state index contributed by atoms with van der Waals surface area (Å²) in [7, 11) is 1.59. The average molecular weight is 477 g/mol. The highest BCUT2D eigenvalue weighted by Crippen LogP contribution is 2.32. The lowest BCUT2D eigenvalue weighted by Gasteiger charge is -2.25. The van der Waals surface area contributed by atoms with Gasteiger partial charge in [0.25, 0.3) is 0 Å². The van der Waals surface area contributed by atoms with E-state index >= 15 is 0 Å². The van der Waals surface area contributed by atoms with Crippen molar-refractivity contribution in [1.82, 2.24) is 10.2 Å². The summed E-state index contributed by atoms with van der Waals surface area (Å²) in [4.78, 5) is 21.7. The zero-order chi connectivity index (χ0) is 24.9. The average Bonchev–Trinajstić information content (AvgIpc) is 3.33. The van der Waals surface area contributed by atoms with Crippen LogP contribution in [0.2, 0.25) is 0 Å². The Kier molecular flexibility index (Phi) is 7.44. The number of halogens is 3. The van der Waals surface area contributed by atoms with Gasteiger partial charge in [-0.25, -0.2) is 4.79 Å². The topological polar surface area (TPSA) is 114 Å². The quantitative estimate of drug-likeness (QED) is 0.519. The lowest BCUT2D eigenvalue weighted by molar-refractivity contribution is -0.192. The van der Waals surface area contributed by atoms with Gasteiger partial charge in [-0.3, -0.25) is 9.89 Å². The van der Waals surface area contributed by atoms with Crippen molar-refractivity contribution in [2.24, 2.45) is 5.92 Å². The summed E-state index contributed by atoms with van der Waals surface area (Å²) in [6.07, 6.45) is -0.865. The summed E-state index contributed by atoms with van der Waals surface area (Å²) in [5.74, 6) is -1.59. The van der Waals surface area contributed by atoms with E-state index in [1.165, 1.54) is 0 Å². The number of carbonyl (C=O) groups excluding carboxylic acids is 1. The molecule has 3 N–H and O–H groups in total. The number of hydrogen-bond donors (Lipinski definition) is 3. The Balaban J connectivity index is 0.000000406. The summed E-state index contributed by atoms with van der Waals surface area (Å²) >= 11 is 0. The molecular weight excluding hydrogens is 455 g/mol. The molecule has 1 aliphatic rings. The molecule has 34 heavy (non-hydrogen) atoms. The Morgan fingerprint density at radius 1 is 1.21 bits per heavy atom. The van der Waals surface area contributed by atoms with Crippen molar-refractivity contribution in [1.29, 1.82) is 0 Å². The Morgan fingerprint density at radius 3 is 2.56 bits per heavy atom. The molecule has 180 valence electrons. The van der Waals surface area contributed by atoms with E-state index in [9.17, 15) is 18.0 Å². The van der Waals surface area contributed by atoms with Crippen LogP contribution in [0.5, 0.6) is 11.5 Å². The number of anilines is 1. The molecule has 2 aromatic carbocycles. The minimum atomic E-state index is -5.08. The van der Waals surface area contributed by atoms with Crippen LogP contribution in [0.25, 0.3) is 11.1 Å². The number of benzene rings is 2. The van der Waals surface area contributed by atoms with E-state index in [-0.39, 0.29) is 11.8 Å². The third-order valence-electron chi connectivity index (χ3n) is 5.03. The van der Waals surface area contributed by atoms with Crippen LogP contribution >= 0.6 is 0 Å². The molecule has 4 rings (SSSR count). The minimum Gasteiger partial charge on any atom is -0.495 e. The van der Waals surface area contributed by atoms with Crippen LogP contribution in [0.3, 0.4) is 0 Å². The first kappa shape index (κ1) is 24.6. The van der Waals surface area contributed by atoms with Crippen LogP contribution in [0.4, 0.5) is 18.9 Å². The lowest BCUT2D eigenvalue weighted by atomic mass is 9.94. The van der Waals surface area contributed by atoms with Crippen molar-refractivity contribution in [3.05, 3.63) is 59.9 Å². The number of aryl methyl sites for hydroxylation is 1. The summed E-state index contributed by atoms with van der Waals surface area (Å²) in [6, 6.07) is 11.7. The molecule has 0 saturated carbocycles. The second-order valence-corrected chi connectivity index (χ2v) is 7.52. The maximum atomic E-state index is 12.8. The molecule has 11 heteroatoms. The fourth-order valence-corrected chi connectivity index (χ4v) is 3.31. The van der Waals surface area contributed by atoms with Crippen molar-refractivity contribution < 1.29 is 37.3 Å². The molecular formula is C23H22F3N3O5. The number of hydrogen-bond acceptors (Lipinski definition) is 5. The van der Waals surface area contributed by atoms with Gasteiger partial charge in [-0.1, -0.05) is 23.8 Å². The van der Waals surface area contributed by atoms with Crippen molar-refractivity contribution in [2.75, 3.05) is 19.0 Å². The van der Waals surface area contributed by atoms with Crippen molar-refractivity contribution in [3.63, 3.8) is 0 Å². The van der Waals surface area contributed by atoms with Crippen LogP contribution in [0.15, 0.2) is 48.8 Å². The predicted octanol–water partition coefficient (Wildman–Crippen LogP) is 4.22. The van der Waals surface area contributed by atoms with Gasteiger partial charge in [-0.05, 0) is 42.7 Å². The maximum Gasteiger partial charge on any atom is 0.490 e. The lowest BCUT2D eigenvalue weighted by Crippen LogP contribution is -2.32. The molecule has 0 saturated heterocycles. The summed E-state index contributed by atoms with van der Waals surface area (Å²) in [5, 5.41) is 16.9. The number of H-pyrrole nitrogens is 1. The normalized spacial score (nSPS) is 14.7. The summed E-state index contributed by atoms with van der Waals surface area (Å²) in [5.41, 5.74) is 4.80. The van der Waals surface area contributed by atoms with E-state index in [0.29, 0.717) is 24.5 Å². The van der Waals surface area contributed by atoms with Crippen LogP contribution in [0, 0.1) is 12.8 Å². The number of nitrogens with one attached hydrogen (secondary N) is 2. The third kappa shape index (κ3) is 6.06. The summed E-state index contributed by atoms with van der Waals surface area (Å²) < 4.78 is 43.0. The molecule has 1 aliphatic heterocycles. The molecule has 0 radical (unpaired) electrons. The molecule has 0 fully saturated rings. The van der Waals surface area contributed by atoms with E-state index in [2.05, 4.69) is 21.6 Å². The van der Waals surface area contributed by atoms with Gasteiger partial charge in [0.05, 0.1) is 24.9 Å². The second kappa shape index (κ2) is 10.3. The molecule has 0 spiro atoms. The molecule has 1 atom stereocenters. The zero-order valence-corrected chi connectivity index (χ0v) is 18.3. The Morgan fingerprint density at radius 2 is 1.94 bits per heavy atom. The summed E-state index contributed by atoms with van der Waals surface area (Å²) in [6.45, 7) is 2.41. The van der Waals surface area contributed by atoms with E-state index in [4.69, 9.17) is 19.4 Å². The Hall–Kier alpha value is -4.02. The molecule has 1 unspecified atom stereocenters. The molecule has 1 amide bonds. The number of nitrogens with zero attached hydrogens (tertiary/aromatic N) is 1. The Bertz CT molecular complexity index is 1160. The number of fused-ring (bicyclic) bond motifs is 1. The standard InChI is InChI=1S/C21H21N3O3.C2HF3O2/c1-13-3-6-19-15(7-13)8-16(12-27-19)21(25)24-18-5-4-14(9-20(18)26-2)17-10-22-23-11-17;3-2(4,5)1(6)7/h3-7,9-11,16H,8,12H2,1-2H3,(H,22,23)(H,24,25);(H,6,7). The number of carboxylic acids is 1. The van der Waals surface area contributed by atoms with Gasteiger partial charge >= 0.3 is 12.1 Å². The van der Waals surface area contributed by atoms with E-state index in [0.717, 1.165) is 28.0 Å². The number of carboxylic acid groups (broad SMARTS) is 1. The van der Waals surface area contributed by atoms with Crippen molar-refractivity contribution >= 4 is 17.6 Å². The molecule has 8 nitrogen and oxygen atoms in total. The number of aromatic nitrogens is 2. The smallest absolute Gasteiger partial charge is 0.490 e. The highest BCUT2D eigenvalue weighted by Gasteiger charge is 2.38. The van der Waals surface area contributed by atoms with E-state index < -0.39 is 12.1 Å². The second-order valence-electron chi connectivity index (χ2n) is 7.52. The van der Waals surface area contributed by atoms with Crippen LogP contribution in [-0.4, -0.2) is 47.1 Å². The first-order valence-electron chi connectivity index (χ1n) is 10.1. The fourth-order valence-electron chi connectivity index (χ4n) is 3.31. The highest BCUT2D eigenvalue weighted by molar-refractivity contribution is 5.95. The van der Waals surface area contributed by atoms with Gasteiger partial charge in [0, 0.05) is 11.8 Å². The molecule has 0 aliphatic carbocycles. The number of ether oxygens (including phenoxy) is 2. The number of alkyl halides is 3. The number of amides is 1. The van der Waals surface area contributed by atoms with E-state index in [1.807, 2.05) is 43.5 Å². The molecule has 0 bridgehead atoms. The number of aliphatic carboxylic acids is 1. The monoisotopic (exact) mass is 477 g/mol. The van der Waals surface area contributed by atoms with Gasteiger partial charge in [-0.15, -0.1) is 0 Å². The highest BCUT2D eigenvalue weighted by atomic mass is 19.4. The molecule has 2 heterocycles. The number of rotatable bonds is 4. The third-order valence-corrected chi connectivity index (χ3v) is 5.03. The number of carbonyl (C=O) groups is 2. The van der Waals surface area contributed by atoms with E-state index in [1.54, 1.807) is 13.3 Å². The predicted molar refractivity (Wildman–Crippen MR) is 117 cm³/mol. The number of aromatic amines is 1. The van der Waals surface area contributed by atoms with Crippen molar-refractivity contribution in [2.45, 2.75) is 19.5 Å². The fraction of sp³-hybridized carbons (Fsp3) is 0.261. The molecule has 1 aromatic heterocycles.